The van der Waals surface area contributed by atoms with Gasteiger partial charge in [0, 0.05) is 4.90 Å². The molecule has 0 radical (unpaired) electrons. The van der Waals surface area contributed by atoms with Crippen LogP contribution in [0.25, 0.3) is 0 Å². The lowest BCUT2D eigenvalue weighted by atomic mass is 10.3. The average Bonchev–Trinajstić information content (AvgIpc) is 2.17. The van der Waals surface area contributed by atoms with Gasteiger partial charge in [0.15, 0.2) is 0 Å². The first kappa shape index (κ1) is 11.0. The van der Waals surface area contributed by atoms with E-state index in [1.54, 1.807) is 25.1 Å². The molecule has 4 heteroatoms. The van der Waals surface area contributed by atoms with Crippen LogP contribution in [0.4, 0.5) is 4.39 Å². The summed E-state index contributed by atoms with van der Waals surface area (Å²) in [5.41, 5.74) is 0. The van der Waals surface area contributed by atoms with Crippen molar-refractivity contribution in [1.82, 2.24) is 0 Å². The van der Waals surface area contributed by atoms with E-state index < -0.39 is 0 Å². The number of carbonyl (C=O) groups is 1. The second kappa shape index (κ2) is 5.65. The topological polar surface area (TPSA) is 26.3 Å². The molecule has 0 saturated carbocycles. The maximum absolute atomic E-state index is 13.1. The van der Waals surface area contributed by atoms with Gasteiger partial charge in [-0.3, -0.25) is 4.79 Å². The van der Waals surface area contributed by atoms with E-state index >= 15 is 0 Å². The first-order valence-corrected chi connectivity index (χ1v) is 5.25. The zero-order valence-corrected chi connectivity index (χ0v) is 8.64. The lowest BCUT2D eigenvalue weighted by Gasteiger charge is -2.02. The summed E-state index contributed by atoms with van der Waals surface area (Å²) in [4.78, 5) is 11.4. The maximum atomic E-state index is 13.1. The van der Waals surface area contributed by atoms with Crippen LogP contribution in [0.3, 0.4) is 0 Å². The highest BCUT2D eigenvalue weighted by atomic mass is 32.2. The number of thioether (sulfide) groups is 1. The minimum Gasteiger partial charge on any atom is -0.465 e. The molecule has 0 aliphatic rings. The third-order valence-corrected chi connectivity index (χ3v) is 2.51. The van der Waals surface area contributed by atoms with Crippen LogP contribution in [0.1, 0.15) is 6.92 Å². The highest BCUT2D eigenvalue weighted by Gasteiger charge is 2.05. The third-order valence-electron chi connectivity index (χ3n) is 1.49. The van der Waals surface area contributed by atoms with Crippen molar-refractivity contribution in [1.29, 1.82) is 0 Å². The Balaban J connectivity index is 2.46. The van der Waals surface area contributed by atoms with Crippen molar-refractivity contribution in [3.05, 3.63) is 30.1 Å². The Hall–Kier alpha value is -1.03. The van der Waals surface area contributed by atoms with E-state index in [1.165, 1.54) is 6.07 Å². The van der Waals surface area contributed by atoms with Crippen molar-refractivity contribution < 1.29 is 13.9 Å². The molecule has 0 N–H and O–H groups in total. The van der Waals surface area contributed by atoms with Crippen LogP contribution in [-0.2, 0) is 9.53 Å². The lowest BCUT2D eigenvalue weighted by molar-refractivity contribution is -0.139. The summed E-state index contributed by atoms with van der Waals surface area (Å²) in [6.45, 7) is 2.10. The molecule has 0 unspecified atom stereocenters. The fourth-order valence-corrected chi connectivity index (χ4v) is 1.64. The maximum Gasteiger partial charge on any atom is 0.316 e. The molecule has 0 aliphatic carbocycles. The molecule has 0 heterocycles. The van der Waals surface area contributed by atoms with Gasteiger partial charge in [-0.25, -0.2) is 4.39 Å². The first-order valence-electron chi connectivity index (χ1n) is 4.27. The van der Waals surface area contributed by atoms with Crippen molar-refractivity contribution >= 4 is 17.7 Å². The van der Waals surface area contributed by atoms with Crippen LogP contribution in [0.15, 0.2) is 29.2 Å². The molecule has 0 bridgehead atoms. The summed E-state index contributed by atoms with van der Waals surface area (Å²) in [5.74, 6) is -0.475. The summed E-state index contributed by atoms with van der Waals surface area (Å²) < 4.78 is 17.8. The van der Waals surface area contributed by atoms with Crippen LogP contribution in [0, 0.1) is 5.82 Å². The zero-order chi connectivity index (χ0) is 10.4. The summed E-state index contributed by atoms with van der Waals surface area (Å²) in [7, 11) is 0. The molecular weight excluding hydrogens is 203 g/mol. The third kappa shape index (κ3) is 3.38. The normalized spacial score (nSPS) is 9.86. The number of esters is 1. The average molecular weight is 214 g/mol. The van der Waals surface area contributed by atoms with Crippen molar-refractivity contribution in [2.24, 2.45) is 0 Å². The van der Waals surface area contributed by atoms with Gasteiger partial charge < -0.3 is 4.74 Å². The molecule has 0 amide bonds. The van der Waals surface area contributed by atoms with E-state index in [0.29, 0.717) is 11.5 Å². The van der Waals surface area contributed by atoms with Crippen molar-refractivity contribution in [3.63, 3.8) is 0 Å². The van der Waals surface area contributed by atoms with Gasteiger partial charge in [0.2, 0.25) is 0 Å². The van der Waals surface area contributed by atoms with Gasteiger partial charge in [-0.1, -0.05) is 12.1 Å². The Bertz CT molecular complexity index is 315. The minimum atomic E-state index is -0.319. The Morgan fingerprint density at radius 3 is 2.86 bits per heavy atom. The van der Waals surface area contributed by atoms with Gasteiger partial charge in [-0.2, -0.15) is 0 Å². The van der Waals surface area contributed by atoms with Crippen molar-refractivity contribution in [2.45, 2.75) is 11.8 Å². The Morgan fingerprint density at radius 2 is 2.21 bits per heavy atom. The predicted octanol–water partition coefficient (Wildman–Crippen LogP) is 2.48. The number of rotatable bonds is 4. The molecule has 0 atom stereocenters. The van der Waals surface area contributed by atoms with E-state index in [-0.39, 0.29) is 17.5 Å². The molecule has 76 valence electrons. The van der Waals surface area contributed by atoms with Crippen LogP contribution >= 0.6 is 11.8 Å². The fraction of sp³-hybridized carbons (Fsp3) is 0.300. The molecule has 0 saturated heterocycles. The van der Waals surface area contributed by atoms with Crippen LogP contribution in [0.2, 0.25) is 0 Å². The first-order chi connectivity index (χ1) is 6.74. The summed E-state index contributed by atoms with van der Waals surface area (Å²) >= 11 is 1.15. The zero-order valence-electron chi connectivity index (χ0n) is 7.83. The number of benzene rings is 1. The largest absolute Gasteiger partial charge is 0.465 e. The molecule has 0 aromatic heterocycles. The minimum absolute atomic E-state index is 0.148. The van der Waals surface area contributed by atoms with Gasteiger partial charge in [-0.05, 0) is 19.1 Å². The molecule has 1 aromatic rings. The second-order valence-corrected chi connectivity index (χ2v) is 3.54. The number of hydrogen-bond donors (Lipinski definition) is 0. The van der Waals surface area contributed by atoms with Gasteiger partial charge in [0.05, 0.1) is 12.4 Å². The fourth-order valence-electron chi connectivity index (χ4n) is 0.901. The molecule has 1 rings (SSSR count). The monoisotopic (exact) mass is 214 g/mol. The highest BCUT2D eigenvalue weighted by molar-refractivity contribution is 8.00. The second-order valence-electron chi connectivity index (χ2n) is 2.52. The standard InChI is InChI=1S/C10H11FO2S/c1-2-13-10(12)7-14-9-6-4-3-5-8(9)11/h3-6H,2,7H2,1H3. The molecular formula is C10H11FO2S. The van der Waals surface area contributed by atoms with E-state index in [9.17, 15) is 9.18 Å². The van der Waals surface area contributed by atoms with E-state index in [4.69, 9.17) is 4.74 Å². The summed E-state index contributed by atoms with van der Waals surface area (Å²) in [6, 6.07) is 6.35. The Morgan fingerprint density at radius 1 is 1.50 bits per heavy atom. The number of hydrogen-bond acceptors (Lipinski definition) is 3. The Labute approximate surface area is 86.5 Å². The summed E-state index contributed by atoms with van der Waals surface area (Å²) in [6.07, 6.45) is 0. The van der Waals surface area contributed by atoms with Gasteiger partial charge in [0.1, 0.15) is 5.82 Å². The van der Waals surface area contributed by atoms with E-state index in [1.807, 2.05) is 0 Å². The predicted molar refractivity (Wildman–Crippen MR) is 53.8 cm³/mol. The number of ether oxygens (including phenoxy) is 1. The summed E-state index contributed by atoms with van der Waals surface area (Å²) in [5, 5.41) is 0. The SMILES string of the molecule is CCOC(=O)CSc1ccccc1F. The highest BCUT2D eigenvalue weighted by Crippen LogP contribution is 2.20. The van der Waals surface area contributed by atoms with E-state index in [2.05, 4.69) is 0 Å². The van der Waals surface area contributed by atoms with Crippen molar-refractivity contribution in [3.8, 4) is 0 Å². The molecule has 0 fully saturated rings. The Kier molecular flexibility index (Phi) is 4.46. The molecule has 2 nitrogen and oxygen atoms in total. The van der Waals surface area contributed by atoms with Crippen LogP contribution in [0.5, 0.6) is 0 Å². The van der Waals surface area contributed by atoms with Gasteiger partial charge in [0.25, 0.3) is 0 Å². The molecule has 0 aliphatic heterocycles. The van der Waals surface area contributed by atoms with Crippen LogP contribution < -0.4 is 0 Å². The van der Waals surface area contributed by atoms with E-state index in [0.717, 1.165) is 11.8 Å². The van der Waals surface area contributed by atoms with Gasteiger partial charge >= 0.3 is 5.97 Å². The quantitative estimate of drug-likeness (QED) is 0.569. The van der Waals surface area contributed by atoms with Crippen molar-refractivity contribution in [2.75, 3.05) is 12.4 Å². The van der Waals surface area contributed by atoms with Crippen LogP contribution in [-0.4, -0.2) is 18.3 Å². The lowest BCUT2D eigenvalue weighted by Crippen LogP contribution is -2.06. The smallest absolute Gasteiger partial charge is 0.316 e. The number of halogens is 1. The molecule has 14 heavy (non-hydrogen) atoms. The number of carbonyl (C=O) groups excluding carboxylic acids is 1. The molecule has 0 spiro atoms. The molecule has 1 aromatic carbocycles. The van der Waals surface area contributed by atoms with Gasteiger partial charge in [-0.15, -0.1) is 11.8 Å².